The summed E-state index contributed by atoms with van der Waals surface area (Å²) in [5.74, 6) is 0. The van der Waals surface area contributed by atoms with E-state index in [1.807, 2.05) is 24.5 Å². The molecule has 4 aromatic rings. The number of piperazine rings is 1. The molecule has 3 heterocycles. The van der Waals surface area contributed by atoms with E-state index in [0.717, 1.165) is 44.7 Å². The molecule has 2 aromatic heterocycles. The average molecular weight is 423 g/mol. The van der Waals surface area contributed by atoms with Crippen molar-refractivity contribution in [3.8, 4) is 11.1 Å². The number of anilines is 1. The standard InChI is InChI=1S/C28H30N4/c1-3-22-8-5-13-29-27(22)20-31-15-17-32(18-16-31)24-11-12-25(21(2)19-24)26-10-4-7-23-9-6-14-30-28(23)26/h4-14,19H,3,15-18,20H2,1-2H3. The van der Waals surface area contributed by atoms with Gasteiger partial charge in [-0.25, -0.2) is 0 Å². The van der Waals surface area contributed by atoms with Crippen molar-refractivity contribution in [1.82, 2.24) is 14.9 Å². The number of fused-ring (bicyclic) bond motifs is 1. The molecule has 1 aliphatic heterocycles. The monoisotopic (exact) mass is 422 g/mol. The number of para-hydroxylation sites is 1. The lowest BCUT2D eigenvalue weighted by Crippen LogP contribution is -2.46. The number of hydrogen-bond acceptors (Lipinski definition) is 4. The highest BCUT2D eigenvalue weighted by Crippen LogP contribution is 2.32. The molecule has 0 atom stereocenters. The van der Waals surface area contributed by atoms with Crippen LogP contribution in [0, 0.1) is 6.92 Å². The molecule has 1 fully saturated rings. The summed E-state index contributed by atoms with van der Waals surface area (Å²) in [7, 11) is 0. The molecule has 0 saturated carbocycles. The van der Waals surface area contributed by atoms with Crippen molar-refractivity contribution in [3.05, 3.63) is 89.9 Å². The van der Waals surface area contributed by atoms with Crippen molar-refractivity contribution in [2.75, 3.05) is 31.1 Å². The highest BCUT2D eigenvalue weighted by Gasteiger charge is 2.19. The first-order chi connectivity index (χ1) is 15.7. The maximum Gasteiger partial charge on any atom is 0.0780 e. The summed E-state index contributed by atoms with van der Waals surface area (Å²) >= 11 is 0. The van der Waals surface area contributed by atoms with Crippen molar-refractivity contribution in [2.45, 2.75) is 26.8 Å². The minimum absolute atomic E-state index is 0.948. The van der Waals surface area contributed by atoms with E-state index in [0.29, 0.717) is 0 Å². The second kappa shape index (κ2) is 9.09. The Morgan fingerprint density at radius 2 is 1.59 bits per heavy atom. The fourth-order valence-corrected chi connectivity index (χ4v) is 4.78. The molecule has 4 heteroatoms. The highest BCUT2D eigenvalue weighted by atomic mass is 15.3. The molecule has 0 aliphatic carbocycles. The van der Waals surface area contributed by atoms with E-state index in [9.17, 15) is 0 Å². The molecule has 0 N–H and O–H groups in total. The first-order valence-electron chi connectivity index (χ1n) is 11.6. The maximum atomic E-state index is 4.64. The molecule has 0 radical (unpaired) electrons. The van der Waals surface area contributed by atoms with Gasteiger partial charge in [0.1, 0.15) is 0 Å². The van der Waals surface area contributed by atoms with Gasteiger partial charge >= 0.3 is 0 Å². The van der Waals surface area contributed by atoms with Crippen molar-refractivity contribution < 1.29 is 0 Å². The van der Waals surface area contributed by atoms with Crippen LogP contribution >= 0.6 is 0 Å². The van der Waals surface area contributed by atoms with Crippen LogP contribution in [0.1, 0.15) is 23.7 Å². The molecular formula is C28H30N4. The Balaban J connectivity index is 1.30. The van der Waals surface area contributed by atoms with Crippen LogP contribution in [-0.4, -0.2) is 41.0 Å². The lowest BCUT2D eigenvalue weighted by molar-refractivity contribution is 0.246. The molecule has 162 valence electrons. The third kappa shape index (κ3) is 4.11. The fourth-order valence-electron chi connectivity index (χ4n) is 4.78. The summed E-state index contributed by atoms with van der Waals surface area (Å²) in [4.78, 5) is 14.3. The average Bonchev–Trinajstić information content (AvgIpc) is 2.84. The molecule has 0 spiro atoms. The first-order valence-corrected chi connectivity index (χ1v) is 11.6. The predicted molar refractivity (Wildman–Crippen MR) is 133 cm³/mol. The van der Waals surface area contributed by atoms with E-state index in [1.165, 1.54) is 39.0 Å². The minimum atomic E-state index is 0.948. The Bertz CT molecular complexity index is 1220. The molecule has 5 rings (SSSR count). The molecule has 4 nitrogen and oxygen atoms in total. The Morgan fingerprint density at radius 3 is 2.41 bits per heavy atom. The zero-order chi connectivity index (χ0) is 21.9. The summed E-state index contributed by atoms with van der Waals surface area (Å²) in [6.07, 6.45) is 4.84. The van der Waals surface area contributed by atoms with Crippen molar-refractivity contribution in [1.29, 1.82) is 0 Å². The molecule has 1 aliphatic rings. The van der Waals surface area contributed by atoms with Gasteiger partial charge in [-0.3, -0.25) is 14.9 Å². The van der Waals surface area contributed by atoms with Crippen LogP contribution in [0.5, 0.6) is 0 Å². The van der Waals surface area contributed by atoms with E-state index >= 15 is 0 Å². The summed E-state index contributed by atoms with van der Waals surface area (Å²) < 4.78 is 0. The molecular weight excluding hydrogens is 392 g/mol. The lowest BCUT2D eigenvalue weighted by atomic mass is 9.97. The minimum Gasteiger partial charge on any atom is -0.369 e. The Morgan fingerprint density at radius 1 is 0.812 bits per heavy atom. The van der Waals surface area contributed by atoms with E-state index < -0.39 is 0 Å². The summed E-state index contributed by atoms with van der Waals surface area (Å²) in [5.41, 5.74) is 8.74. The first kappa shape index (κ1) is 20.7. The highest BCUT2D eigenvalue weighted by molar-refractivity contribution is 5.94. The van der Waals surface area contributed by atoms with Gasteiger partial charge in [-0.05, 0) is 54.3 Å². The number of nitrogens with zero attached hydrogens (tertiary/aromatic N) is 4. The van der Waals surface area contributed by atoms with Crippen LogP contribution in [-0.2, 0) is 13.0 Å². The van der Waals surface area contributed by atoms with Gasteiger partial charge in [0.15, 0.2) is 0 Å². The molecule has 2 aromatic carbocycles. The van der Waals surface area contributed by atoms with Crippen LogP contribution in [0.15, 0.2) is 73.1 Å². The third-order valence-electron chi connectivity index (χ3n) is 6.61. The van der Waals surface area contributed by atoms with Crippen LogP contribution in [0.2, 0.25) is 0 Å². The van der Waals surface area contributed by atoms with E-state index in [1.54, 1.807) is 0 Å². The second-order valence-corrected chi connectivity index (χ2v) is 8.61. The zero-order valence-corrected chi connectivity index (χ0v) is 19.0. The third-order valence-corrected chi connectivity index (χ3v) is 6.61. The number of rotatable bonds is 5. The summed E-state index contributed by atoms with van der Waals surface area (Å²) in [6, 6.07) is 21.7. The van der Waals surface area contributed by atoms with Crippen LogP contribution in [0.3, 0.4) is 0 Å². The van der Waals surface area contributed by atoms with Gasteiger partial charge < -0.3 is 4.90 Å². The number of benzene rings is 2. The van der Waals surface area contributed by atoms with E-state index in [4.69, 9.17) is 0 Å². The van der Waals surface area contributed by atoms with Crippen molar-refractivity contribution >= 4 is 16.6 Å². The van der Waals surface area contributed by atoms with Gasteiger partial charge in [0.25, 0.3) is 0 Å². The second-order valence-electron chi connectivity index (χ2n) is 8.61. The van der Waals surface area contributed by atoms with Crippen LogP contribution in [0.25, 0.3) is 22.0 Å². The molecule has 1 saturated heterocycles. The number of aromatic nitrogens is 2. The van der Waals surface area contributed by atoms with E-state index in [-0.39, 0.29) is 0 Å². The lowest BCUT2D eigenvalue weighted by Gasteiger charge is -2.36. The smallest absolute Gasteiger partial charge is 0.0780 e. The topological polar surface area (TPSA) is 32.3 Å². The zero-order valence-electron chi connectivity index (χ0n) is 19.0. The fraction of sp³-hybridized carbons (Fsp3) is 0.286. The molecule has 32 heavy (non-hydrogen) atoms. The van der Waals surface area contributed by atoms with Gasteiger partial charge in [0.05, 0.1) is 11.2 Å². The van der Waals surface area contributed by atoms with Crippen LogP contribution in [0.4, 0.5) is 5.69 Å². The summed E-state index contributed by atoms with van der Waals surface area (Å²) in [5, 5.41) is 1.18. The normalized spacial score (nSPS) is 14.8. The Kier molecular flexibility index (Phi) is 5.87. The van der Waals surface area contributed by atoms with Crippen molar-refractivity contribution in [3.63, 3.8) is 0 Å². The molecule has 0 unspecified atom stereocenters. The Hall–Kier alpha value is -3.24. The maximum absolute atomic E-state index is 4.64. The number of hydrogen-bond donors (Lipinski definition) is 0. The Labute approximate surface area is 190 Å². The van der Waals surface area contributed by atoms with E-state index in [2.05, 4.69) is 82.1 Å². The SMILES string of the molecule is CCc1cccnc1CN1CCN(c2ccc(-c3cccc4cccnc34)c(C)c2)CC1. The largest absolute Gasteiger partial charge is 0.369 e. The van der Waals surface area contributed by atoms with Gasteiger partial charge in [-0.1, -0.05) is 43.3 Å². The number of pyridine rings is 2. The molecule has 0 bridgehead atoms. The van der Waals surface area contributed by atoms with Gasteiger partial charge in [-0.15, -0.1) is 0 Å². The van der Waals surface area contributed by atoms with Gasteiger partial charge in [-0.2, -0.15) is 0 Å². The van der Waals surface area contributed by atoms with Crippen LogP contribution < -0.4 is 4.90 Å². The van der Waals surface area contributed by atoms with Crippen molar-refractivity contribution in [2.24, 2.45) is 0 Å². The van der Waals surface area contributed by atoms with Gasteiger partial charge in [0.2, 0.25) is 0 Å². The molecule has 0 amide bonds. The summed E-state index contributed by atoms with van der Waals surface area (Å²) in [6.45, 7) is 9.58. The number of aryl methyl sites for hydroxylation is 2. The van der Waals surface area contributed by atoms with Gasteiger partial charge in [0, 0.05) is 61.8 Å². The predicted octanol–water partition coefficient (Wildman–Crippen LogP) is 5.49. The quantitative estimate of drug-likeness (QED) is 0.426.